The Morgan fingerprint density at radius 1 is 1.64 bits per heavy atom. The molecule has 0 radical (unpaired) electrons. The van der Waals surface area contributed by atoms with Crippen molar-refractivity contribution in [1.82, 2.24) is 4.68 Å². The monoisotopic (exact) mass is 175 g/mol. The molecule has 0 saturated carbocycles. The Morgan fingerprint density at radius 3 is 2.64 bits per heavy atom. The molecule has 4 nitrogen and oxygen atoms in total. The van der Waals surface area contributed by atoms with Crippen LogP contribution in [0.3, 0.4) is 0 Å². The molecular formula is C6H10ClN3O. The first-order valence-electron chi connectivity index (χ1n) is 2.99. The van der Waals surface area contributed by atoms with E-state index in [9.17, 15) is 4.79 Å². The van der Waals surface area contributed by atoms with E-state index in [4.69, 9.17) is 0 Å². The molecule has 0 aliphatic carbocycles. The van der Waals surface area contributed by atoms with Crippen LogP contribution in [-0.2, 0) is 11.8 Å². The Labute approximate surface area is 71.2 Å². The molecule has 0 aliphatic rings. The highest BCUT2D eigenvalue weighted by Gasteiger charge is 1.99. The molecule has 0 spiro atoms. The van der Waals surface area contributed by atoms with E-state index in [2.05, 4.69) is 5.43 Å². The zero-order valence-electron chi connectivity index (χ0n) is 6.41. The molecular weight excluding hydrogens is 166 g/mol. The molecule has 1 aromatic heterocycles. The SMILES string of the molecule is CC(=O)Nn1cc[n+](C)c1.[Cl-]. The number of imidazole rings is 1. The molecule has 1 heterocycles. The maximum absolute atomic E-state index is 10.5. The predicted molar refractivity (Wildman–Crippen MR) is 35.6 cm³/mol. The largest absolute Gasteiger partial charge is 1.00 e. The number of halogens is 1. The molecule has 0 saturated heterocycles. The number of hydrogen-bond acceptors (Lipinski definition) is 1. The quantitative estimate of drug-likeness (QED) is 0.441. The summed E-state index contributed by atoms with van der Waals surface area (Å²) in [5.41, 5.74) is 2.58. The molecule has 0 atom stereocenters. The number of nitrogens with zero attached hydrogens (tertiary/aromatic N) is 2. The molecule has 0 bridgehead atoms. The molecule has 0 fully saturated rings. The van der Waals surface area contributed by atoms with Gasteiger partial charge in [-0.2, -0.15) is 5.43 Å². The van der Waals surface area contributed by atoms with Crippen LogP contribution in [0, 0.1) is 0 Å². The van der Waals surface area contributed by atoms with E-state index in [0.29, 0.717) is 0 Å². The van der Waals surface area contributed by atoms with Gasteiger partial charge < -0.3 is 12.4 Å². The third-order valence-electron chi connectivity index (χ3n) is 1.06. The third kappa shape index (κ3) is 3.04. The lowest BCUT2D eigenvalue weighted by Gasteiger charge is -1.91. The Kier molecular flexibility index (Phi) is 3.60. The van der Waals surface area contributed by atoms with E-state index in [0.717, 1.165) is 0 Å². The van der Waals surface area contributed by atoms with Crippen LogP contribution in [0.1, 0.15) is 6.92 Å². The van der Waals surface area contributed by atoms with Gasteiger partial charge in [0.15, 0.2) is 6.20 Å². The summed E-state index contributed by atoms with van der Waals surface area (Å²) in [5.74, 6) is -0.0730. The summed E-state index contributed by atoms with van der Waals surface area (Å²) in [4.78, 5) is 10.5. The molecule has 5 heteroatoms. The van der Waals surface area contributed by atoms with Crippen LogP contribution >= 0.6 is 0 Å². The van der Waals surface area contributed by atoms with Crippen molar-refractivity contribution in [2.75, 3.05) is 5.43 Å². The Balaban J connectivity index is 0.000001000. The van der Waals surface area contributed by atoms with Crippen LogP contribution in [0.2, 0.25) is 0 Å². The summed E-state index contributed by atoms with van der Waals surface area (Å²) >= 11 is 0. The number of carbonyl (C=O) groups excluding carboxylic acids is 1. The van der Waals surface area contributed by atoms with Crippen molar-refractivity contribution in [3.8, 4) is 0 Å². The Hall–Kier alpha value is -1.03. The lowest BCUT2D eigenvalue weighted by Crippen LogP contribution is -3.00. The van der Waals surface area contributed by atoms with Crippen molar-refractivity contribution < 1.29 is 21.8 Å². The third-order valence-corrected chi connectivity index (χ3v) is 1.06. The highest BCUT2D eigenvalue weighted by molar-refractivity contribution is 5.80. The second-order valence-electron chi connectivity index (χ2n) is 2.15. The van der Waals surface area contributed by atoms with Crippen LogP contribution in [0.25, 0.3) is 0 Å². The fourth-order valence-corrected chi connectivity index (χ4v) is 0.698. The van der Waals surface area contributed by atoms with Crippen LogP contribution < -0.4 is 22.4 Å². The number of carbonyl (C=O) groups is 1. The van der Waals surface area contributed by atoms with Crippen molar-refractivity contribution in [2.24, 2.45) is 7.05 Å². The number of aromatic nitrogens is 2. The molecule has 62 valence electrons. The smallest absolute Gasteiger partial charge is 0.267 e. The number of nitrogens with one attached hydrogen (secondary N) is 1. The van der Waals surface area contributed by atoms with E-state index in [-0.39, 0.29) is 18.3 Å². The van der Waals surface area contributed by atoms with Gasteiger partial charge in [0.05, 0.1) is 7.05 Å². The fraction of sp³-hybridized carbons (Fsp3) is 0.333. The van der Waals surface area contributed by atoms with Gasteiger partial charge in [-0.15, -0.1) is 4.68 Å². The minimum atomic E-state index is -0.0730. The minimum Gasteiger partial charge on any atom is -1.00 e. The van der Waals surface area contributed by atoms with E-state index in [1.165, 1.54) is 6.92 Å². The van der Waals surface area contributed by atoms with Crippen molar-refractivity contribution in [2.45, 2.75) is 6.92 Å². The topological polar surface area (TPSA) is 37.9 Å². The molecule has 1 aromatic rings. The molecule has 0 aliphatic heterocycles. The molecule has 1 N–H and O–H groups in total. The highest BCUT2D eigenvalue weighted by atomic mass is 35.5. The molecule has 0 aromatic carbocycles. The van der Waals surface area contributed by atoms with Crippen molar-refractivity contribution in [3.63, 3.8) is 0 Å². The molecule has 0 unspecified atom stereocenters. The van der Waals surface area contributed by atoms with E-state index in [1.54, 1.807) is 17.2 Å². The first-order valence-corrected chi connectivity index (χ1v) is 2.99. The Morgan fingerprint density at radius 2 is 2.27 bits per heavy atom. The van der Waals surface area contributed by atoms with Crippen molar-refractivity contribution in [3.05, 3.63) is 18.7 Å². The van der Waals surface area contributed by atoms with Crippen molar-refractivity contribution in [1.29, 1.82) is 0 Å². The second-order valence-corrected chi connectivity index (χ2v) is 2.15. The number of amides is 1. The number of rotatable bonds is 1. The van der Waals surface area contributed by atoms with Crippen LogP contribution in [0.15, 0.2) is 18.7 Å². The maximum atomic E-state index is 10.5. The summed E-state index contributed by atoms with van der Waals surface area (Å²) in [6, 6.07) is 0. The fourth-order valence-electron chi connectivity index (χ4n) is 0.698. The lowest BCUT2D eigenvalue weighted by atomic mass is 10.8. The summed E-state index contributed by atoms with van der Waals surface area (Å²) < 4.78 is 3.44. The van der Waals surface area contributed by atoms with Crippen LogP contribution in [-0.4, -0.2) is 10.6 Å². The average Bonchev–Trinajstić information content (AvgIpc) is 2.13. The maximum Gasteiger partial charge on any atom is 0.267 e. The normalized spacial score (nSPS) is 8.55. The zero-order chi connectivity index (χ0) is 7.56. The molecule has 11 heavy (non-hydrogen) atoms. The lowest BCUT2D eigenvalue weighted by molar-refractivity contribution is -0.670. The van der Waals surface area contributed by atoms with Crippen molar-refractivity contribution >= 4 is 5.91 Å². The summed E-state index contributed by atoms with van der Waals surface area (Å²) in [6.45, 7) is 1.47. The van der Waals surface area contributed by atoms with Gasteiger partial charge in [-0.05, 0) is 0 Å². The predicted octanol–water partition coefficient (Wildman–Crippen LogP) is -3.59. The number of aryl methyl sites for hydroxylation is 1. The Bertz CT molecular complexity index is 246. The van der Waals surface area contributed by atoms with E-state index >= 15 is 0 Å². The molecule has 1 amide bonds. The van der Waals surface area contributed by atoms with Gasteiger partial charge in [0.1, 0.15) is 6.20 Å². The van der Waals surface area contributed by atoms with E-state index in [1.807, 2.05) is 17.8 Å². The summed E-state index contributed by atoms with van der Waals surface area (Å²) in [5, 5.41) is 0. The van der Waals surface area contributed by atoms with E-state index < -0.39 is 0 Å². The van der Waals surface area contributed by atoms with Gasteiger partial charge in [0.2, 0.25) is 0 Å². The molecule has 1 rings (SSSR count). The van der Waals surface area contributed by atoms with Gasteiger partial charge >= 0.3 is 0 Å². The van der Waals surface area contributed by atoms with Gasteiger partial charge in [-0.3, -0.25) is 4.79 Å². The number of hydrogen-bond donors (Lipinski definition) is 1. The average molecular weight is 176 g/mol. The van der Waals surface area contributed by atoms with Gasteiger partial charge in [0, 0.05) is 6.92 Å². The zero-order valence-corrected chi connectivity index (χ0v) is 7.17. The van der Waals surface area contributed by atoms with Crippen LogP contribution in [0.4, 0.5) is 0 Å². The van der Waals surface area contributed by atoms with Gasteiger partial charge in [0.25, 0.3) is 12.2 Å². The first kappa shape index (κ1) is 9.97. The summed E-state index contributed by atoms with van der Waals surface area (Å²) in [7, 11) is 1.89. The highest BCUT2D eigenvalue weighted by Crippen LogP contribution is 1.76. The minimum absolute atomic E-state index is 0. The second kappa shape index (κ2) is 3.98. The standard InChI is InChI=1S/C6H9N3O.ClH/c1-6(10)7-9-4-3-8(2)5-9;/h3-5H,1-2H3;1H. The van der Waals surface area contributed by atoms with Crippen LogP contribution in [0.5, 0.6) is 0 Å². The summed E-state index contributed by atoms with van der Waals surface area (Å²) in [6.07, 6.45) is 5.37. The van der Waals surface area contributed by atoms with Gasteiger partial charge in [-0.25, -0.2) is 4.57 Å². The first-order chi connectivity index (χ1) is 4.68. The van der Waals surface area contributed by atoms with Gasteiger partial charge in [-0.1, -0.05) is 0 Å².